The fraction of sp³-hybridized carbons (Fsp3) is 0.317. The molecule has 18 heteroatoms. The molecule has 8 rings (SSSR count). The van der Waals surface area contributed by atoms with Gasteiger partial charge >= 0.3 is 0 Å². The van der Waals surface area contributed by atoms with Crippen molar-refractivity contribution in [1.82, 2.24) is 29.7 Å². The predicted molar refractivity (Wildman–Crippen MR) is 220 cm³/mol. The second kappa shape index (κ2) is 16.4. The van der Waals surface area contributed by atoms with Gasteiger partial charge in [0.1, 0.15) is 17.5 Å². The zero-order valence-corrected chi connectivity index (χ0v) is 33.3. The average Bonchev–Trinajstić information content (AvgIpc) is 3.75. The summed E-state index contributed by atoms with van der Waals surface area (Å²) < 4.78 is 39.6. The number of imide groups is 2. The van der Waals surface area contributed by atoms with Crippen LogP contribution in [0.3, 0.4) is 0 Å². The summed E-state index contributed by atoms with van der Waals surface area (Å²) in [6.45, 7) is 4.66. The summed E-state index contributed by atoms with van der Waals surface area (Å²) >= 11 is 0. The highest BCUT2D eigenvalue weighted by Gasteiger charge is 2.46. The third-order valence-corrected chi connectivity index (χ3v) is 11.2. The van der Waals surface area contributed by atoms with E-state index in [4.69, 9.17) is 14.6 Å². The maximum atomic E-state index is 13.3. The molecule has 0 radical (unpaired) electrons. The molecule has 3 aliphatic rings. The lowest BCUT2D eigenvalue weighted by Gasteiger charge is -2.36. The summed E-state index contributed by atoms with van der Waals surface area (Å²) in [6, 6.07) is 20.8. The molecule has 0 saturated carbocycles. The molecule has 306 valence electrons. The Balaban J connectivity index is 0.826. The molecule has 1 atom stereocenters. The van der Waals surface area contributed by atoms with E-state index < -0.39 is 39.7 Å². The first-order chi connectivity index (χ1) is 28.5. The van der Waals surface area contributed by atoms with E-state index in [1.807, 2.05) is 36.4 Å². The van der Waals surface area contributed by atoms with Gasteiger partial charge in [-0.3, -0.25) is 39.0 Å². The Hall–Kier alpha value is -6.53. The molecule has 3 N–H and O–H groups in total. The van der Waals surface area contributed by atoms with Crippen molar-refractivity contribution in [3.63, 3.8) is 0 Å². The highest BCUT2D eigenvalue weighted by atomic mass is 32.2. The number of nitrogens with zero attached hydrogens (tertiary/aromatic N) is 6. The van der Waals surface area contributed by atoms with Crippen molar-refractivity contribution in [2.45, 2.75) is 31.7 Å². The number of methoxy groups -OCH3 is 1. The van der Waals surface area contributed by atoms with Crippen LogP contribution in [0.15, 0.2) is 79.0 Å². The molecule has 3 aliphatic heterocycles. The van der Waals surface area contributed by atoms with Gasteiger partial charge in [0, 0.05) is 55.6 Å². The van der Waals surface area contributed by atoms with Crippen molar-refractivity contribution in [2.24, 2.45) is 0 Å². The van der Waals surface area contributed by atoms with Gasteiger partial charge < -0.3 is 19.7 Å². The number of sulfonamides is 1. The van der Waals surface area contributed by atoms with E-state index >= 15 is 0 Å². The van der Waals surface area contributed by atoms with Crippen molar-refractivity contribution in [1.29, 1.82) is 0 Å². The SMILES string of the molecule is COc1cc(N2CCN(CCCCOc3cccc4c3C(=O)N(C3CCC(=O)NC3=O)C4=O)CC2)ccc1Nc1ncc2ccc(-c3cccc(NS(C)(=O)=O)c3)n2n1. The van der Waals surface area contributed by atoms with E-state index in [1.54, 1.807) is 54.2 Å². The highest BCUT2D eigenvalue weighted by molar-refractivity contribution is 7.92. The van der Waals surface area contributed by atoms with Crippen LogP contribution in [0.1, 0.15) is 46.4 Å². The van der Waals surface area contributed by atoms with E-state index in [-0.39, 0.29) is 24.0 Å². The van der Waals surface area contributed by atoms with E-state index in [0.29, 0.717) is 35.4 Å². The van der Waals surface area contributed by atoms with E-state index in [1.165, 1.54) is 0 Å². The van der Waals surface area contributed by atoms with Crippen molar-refractivity contribution in [3.05, 3.63) is 90.1 Å². The van der Waals surface area contributed by atoms with Crippen molar-refractivity contribution >= 4 is 62.2 Å². The summed E-state index contributed by atoms with van der Waals surface area (Å²) in [7, 11) is -1.81. The minimum Gasteiger partial charge on any atom is -0.494 e. The monoisotopic (exact) mass is 821 g/mol. The molecule has 59 heavy (non-hydrogen) atoms. The second-order valence-electron chi connectivity index (χ2n) is 14.6. The number of aromatic nitrogens is 3. The summed E-state index contributed by atoms with van der Waals surface area (Å²) in [5, 5.41) is 10.2. The van der Waals surface area contributed by atoms with Crippen LogP contribution in [0.5, 0.6) is 11.5 Å². The van der Waals surface area contributed by atoms with Gasteiger partial charge in [-0.1, -0.05) is 18.2 Å². The third-order valence-electron chi connectivity index (χ3n) is 10.6. The molecule has 0 aliphatic carbocycles. The fourth-order valence-corrected chi connectivity index (χ4v) is 8.24. The van der Waals surface area contributed by atoms with Crippen LogP contribution < -0.4 is 29.7 Å². The lowest BCUT2D eigenvalue weighted by Crippen LogP contribution is -2.54. The number of piperazine rings is 1. The van der Waals surface area contributed by atoms with E-state index in [0.717, 1.165) is 79.2 Å². The zero-order chi connectivity index (χ0) is 41.3. The van der Waals surface area contributed by atoms with Gasteiger partial charge in [-0.15, -0.1) is 5.10 Å². The number of hydrogen-bond donors (Lipinski definition) is 3. The number of unbranched alkanes of at least 4 members (excludes halogenated alkanes) is 1. The Bertz CT molecular complexity index is 2570. The fourth-order valence-electron chi connectivity index (χ4n) is 7.69. The smallest absolute Gasteiger partial charge is 0.266 e. The quantitative estimate of drug-likeness (QED) is 0.108. The summed E-state index contributed by atoms with van der Waals surface area (Å²) in [5.41, 5.74) is 4.87. The minimum absolute atomic E-state index is 0.0598. The van der Waals surface area contributed by atoms with Gasteiger partial charge in [0.25, 0.3) is 11.8 Å². The molecule has 2 aromatic heterocycles. The molecule has 0 bridgehead atoms. The van der Waals surface area contributed by atoms with E-state index in [9.17, 15) is 27.6 Å². The molecule has 3 aromatic carbocycles. The van der Waals surface area contributed by atoms with Gasteiger partial charge in [0.15, 0.2) is 0 Å². The number of amides is 4. The van der Waals surface area contributed by atoms with Gasteiger partial charge in [-0.05, 0) is 74.3 Å². The average molecular weight is 822 g/mol. The minimum atomic E-state index is -3.43. The van der Waals surface area contributed by atoms with Crippen LogP contribution in [-0.4, -0.2) is 115 Å². The number of nitrogens with one attached hydrogen (secondary N) is 3. The lowest BCUT2D eigenvalue weighted by molar-refractivity contribution is -0.136. The number of rotatable bonds is 14. The second-order valence-corrected chi connectivity index (χ2v) is 16.4. The van der Waals surface area contributed by atoms with Crippen LogP contribution >= 0.6 is 0 Å². The van der Waals surface area contributed by atoms with Crippen molar-refractivity contribution < 1.29 is 37.1 Å². The lowest BCUT2D eigenvalue weighted by atomic mass is 10.0. The van der Waals surface area contributed by atoms with E-state index in [2.05, 4.69) is 30.1 Å². The third kappa shape index (κ3) is 8.40. The van der Waals surface area contributed by atoms with Crippen LogP contribution in [0, 0.1) is 0 Å². The number of carbonyl (C=O) groups excluding carboxylic acids is 4. The molecule has 2 fully saturated rings. The molecule has 5 heterocycles. The molecular formula is C41H43N9O8S. The Morgan fingerprint density at radius 3 is 2.49 bits per heavy atom. The summed E-state index contributed by atoms with van der Waals surface area (Å²) in [6.07, 6.45) is 4.60. The number of carbonyl (C=O) groups is 4. The zero-order valence-electron chi connectivity index (χ0n) is 32.5. The topological polar surface area (TPSA) is 197 Å². The number of ether oxygens (including phenoxy) is 2. The molecular weight excluding hydrogens is 779 g/mol. The van der Waals surface area contributed by atoms with Crippen molar-refractivity contribution in [3.8, 4) is 22.8 Å². The number of fused-ring (bicyclic) bond motifs is 2. The Labute approximate surface area is 340 Å². The van der Waals surface area contributed by atoms with Gasteiger partial charge in [0.05, 0.1) is 54.2 Å². The van der Waals surface area contributed by atoms with Crippen LogP contribution in [0.2, 0.25) is 0 Å². The van der Waals surface area contributed by atoms with Crippen LogP contribution in [-0.2, 0) is 19.6 Å². The summed E-state index contributed by atoms with van der Waals surface area (Å²) in [5.74, 6) is -0.890. The molecule has 2 saturated heterocycles. The Morgan fingerprint density at radius 1 is 0.898 bits per heavy atom. The largest absolute Gasteiger partial charge is 0.494 e. The maximum Gasteiger partial charge on any atom is 0.266 e. The summed E-state index contributed by atoms with van der Waals surface area (Å²) in [4.78, 5) is 60.7. The normalized spacial score (nSPS) is 17.3. The molecule has 1 unspecified atom stereocenters. The van der Waals surface area contributed by atoms with Crippen LogP contribution in [0.25, 0.3) is 16.8 Å². The Kier molecular flexibility index (Phi) is 10.9. The first-order valence-electron chi connectivity index (χ1n) is 19.3. The number of anilines is 4. The number of benzene rings is 3. The van der Waals surface area contributed by atoms with Gasteiger partial charge in [-0.25, -0.2) is 17.9 Å². The molecule has 5 aromatic rings. The first kappa shape index (κ1) is 39.3. The maximum absolute atomic E-state index is 13.3. The molecule has 4 amide bonds. The predicted octanol–water partition coefficient (Wildman–Crippen LogP) is 3.90. The van der Waals surface area contributed by atoms with Gasteiger partial charge in [0.2, 0.25) is 27.8 Å². The standard InChI is InChI=1S/C41H43N9O8S/c1-57-35-24-28(11-13-31(35)43-41-42-25-29-12-14-32(50(29)45-41)26-7-5-8-27(23-26)46-59(2,55)56)48-20-18-47(19-21-48)17-3-4-22-58-34-10-6-9-30-37(34)40(54)49(39(30)53)33-15-16-36(51)44-38(33)52/h5-14,23-25,33,46H,3-4,15-22H2,1-2H3,(H,43,45)(H,44,51,52). The molecule has 17 nitrogen and oxygen atoms in total. The van der Waals surface area contributed by atoms with Crippen molar-refractivity contribution in [2.75, 3.05) is 67.6 Å². The molecule has 0 spiro atoms. The number of piperidine rings is 1. The Morgan fingerprint density at radius 2 is 1.71 bits per heavy atom. The first-order valence-corrected chi connectivity index (χ1v) is 21.2. The highest BCUT2D eigenvalue weighted by Crippen LogP contribution is 2.35. The van der Waals surface area contributed by atoms with Crippen LogP contribution in [0.4, 0.5) is 23.0 Å². The van der Waals surface area contributed by atoms with Gasteiger partial charge in [-0.2, -0.15) is 0 Å². The number of hydrogen-bond acceptors (Lipinski definition) is 13.